The van der Waals surface area contributed by atoms with Gasteiger partial charge in [-0.3, -0.25) is 9.59 Å². The number of methoxy groups -OCH3 is 1. The zero-order chi connectivity index (χ0) is 10.4. The molecule has 0 aromatic rings. The molecule has 3 heteroatoms. The van der Waals surface area contributed by atoms with Crippen LogP contribution >= 0.6 is 0 Å². The molecule has 2 rings (SSSR count). The Labute approximate surface area is 83.8 Å². The molecule has 0 atom stereocenters. The van der Waals surface area contributed by atoms with Crippen molar-refractivity contribution in [3.63, 3.8) is 0 Å². The lowest BCUT2D eigenvalue weighted by atomic mass is 9.57. The van der Waals surface area contributed by atoms with Crippen LogP contribution in [0.15, 0.2) is 0 Å². The normalized spacial score (nSPS) is 25.3. The predicted octanol–water partition coefficient (Wildman–Crippen LogP) is 1.70. The molecule has 78 valence electrons. The zero-order valence-electron chi connectivity index (χ0n) is 8.76. The minimum absolute atomic E-state index is 0.0573. The molecule has 2 aliphatic rings. The second-order valence-corrected chi connectivity index (χ2v) is 4.70. The Morgan fingerprint density at radius 3 is 2.21 bits per heavy atom. The SMILES string of the molecule is CCC(=O)C1(C(=O)OC)CC2(CC2)C1. The van der Waals surface area contributed by atoms with E-state index in [0.29, 0.717) is 11.8 Å². The quantitative estimate of drug-likeness (QED) is 0.509. The number of ketones is 1. The number of ether oxygens (including phenoxy) is 1. The first-order valence-electron chi connectivity index (χ1n) is 5.20. The Balaban J connectivity index is 2.15. The zero-order valence-corrected chi connectivity index (χ0v) is 8.76. The van der Waals surface area contributed by atoms with Crippen molar-refractivity contribution in [2.45, 2.75) is 39.0 Å². The second-order valence-electron chi connectivity index (χ2n) is 4.70. The highest BCUT2D eigenvalue weighted by Gasteiger charge is 2.67. The third-order valence-corrected chi connectivity index (χ3v) is 3.74. The first-order chi connectivity index (χ1) is 6.58. The monoisotopic (exact) mass is 196 g/mol. The van der Waals surface area contributed by atoms with Crippen LogP contribution in [0.25, 0.3) is 0 Å². The van der Waals surface area contributed by atoms with E-state index < -0.39 is 5.41 Å². The van der Waals surface area contributed by atoms with Crippen LogP contribution in [0.4, 0.5) is 0 Å². The van der Waals surface area contributed by atoms with Gasteiger partial charge in [-0.2, -0.15) is 0 Å². The highest BCUT2D eigenvalue weighted by atomic mass is 16.5. The van der Waals surface area contributed by atoms with Gasteiger partial charge in [-0.1, -0.05) is 6.92 Å². The molecule has 2 fully saturated rings. The highest BCUT2D eigenvalue weighted by molar-refractivity contribution is 6.05. The molecular formula is C11H16O3. The van der Waals surface area contributed by atoms with Gasteiger partial charge >= 0.3 is 5.97 Å². The molecular weight excluding hydrogens is 180 g/mol. The van der Waals surface area contributed by atoms with E-state index >= 15 is 0 Å². The van der Waals surface area contributed by atoms with E-state index in [4.69, 9.17) is 4.74 Å². The van der Waals surface area contributed by atoms with Crippen LogP contribution < -0.4 is 0 Å². The van der Waals surface area contributed by atoms with Gasteiger partial charge in [0.25, 0.3) is 0 Å². The molecule has 14 heavy (non-hydrogen) atoms. The van der Waals surface area contributed by atoms with E-state index in [-0.39, 0.29) is 11.8 Å². The third-order valence-electron chi connectivity index (χ3n) is 3.74. The molecule has 1 spiro atoms. The van der Waals surface area contributed by atoms with E-state index in [2.05, 4.69) is 0 Å². The Morgan fingerprint density at radius 2 is 1.86 bits per heavy atom. The van der Waals surface area contributed by atoms with Crippen molar-refractivity contribution in [3.8, 4) is 0 Å². The van der Waals surface area contributed by atoms with Gasteiger partial charge in [0, 0.05) is 6.42 Å². The van der Waals surface area contributed by atoms with Crippen LogP contribution in [0.3, 0.4) is 0 Å². The third kappa shape index (κ3) is 1.11. The van der Waals surface area contributed by atoms with Crippen molar-refractivity contribution >= 4 is 11.8 Å². The van der Waals surface area contributed by atoms with Crippen LogP contribution in [0, 0.1) is 10.8 Å². The summed E-state index contributed by atoms with van der Waals surface area (Å²) in [7, 11) is 1.37. The summed E-state index contributed by atoms with van der Waals surface area (Å²) in [5.41, 5.74) is -0.418. The van der Waals surface area contributed by atoms with E-state index in [9.17, 15) is 9.59 Å². The number of hydrogen-bond donors (Lipinski definition) is 0. The number of esters is 1. The molecule has 0 aromatic carbocycles. The molecule has 0 amide bonds. The van der Waals surface area contributed by atoms with Gasteiger partial charge in [-0.05, 0) is 31.1 Å². The van der Waals surface area contributed by atoms with Gasteiger partial charge in [-0.25, -0.2) is 0 Å². The standard InChI is InChI=1S/C11H16O3/c1-3-8(12)11(9(13)14-2)6-10(7-11)4-5-10/h3-7H2,1-2H3. The molecule has 0 unspecified atom stereocenters. The minimum atomic E-state index is -0.764. The molecule has 0 bridgehead atoms. The topological polar surface area (TPSA) is 43.4 Å². The van der Waals surface area contributed by atoms with Gasteiger partial charge in [0.1, 0.15) is 11.2 Å². The molecule has 3 nitrogen and oxygen atoms in total. The molecule has 2 saturated carbocycles. The summed E-state index contributed by atoms with van der Waals surface area (Å²) in [4.78, 5) is 23.3. The summed E-state index contributed by atoms with van der Waals surface area (Å²) < 4.78 is 4.74. The van der Waals surface area contributed by atoms with Crippen molar-refractivity contribution in [3.05, 3.63) is 0 Å². The summed E-state index contributed by atoms with van der Waals surface area (Å²) in [5, 5.41) is 0. The lowest BCUT2D eigenvalue weighted by molar-refractivity contribution is -0.169. The molecule has 0 radical (unpaired) electrons. The number of hydrogen-bond acceptors (Lipinski definition) is 3. The summed E-state index contributed by atoms with van der Waals surface area (Å²) in [6.45, 7) is 1.81. The molecule has 2 aliphatic carbocycles. The Morgan fingerprint density at radius 1 is 1.29 bits per heavy atom. The van der Waals surface area contributed by atoms with Gasteiger partial charge in [0.05, 0.1) is 7.11 Å². The lowest BCUT2D eigenvalue weighted by Crippen LogP contribution is -2.51. The Kier molecular flexibility index (Phi) is 1.95. The Bertz CT molecular complexity index is 263. The lowest BCUT2D eigenvalue weighted by Gasteiger charge is -2.44. The van der Waals surface area contributed by atoms with E-state index in [1.54, 1.807) is 0 Å². The van der Waals surface area contributed by atoms with Crippen LogP contribution in [0.5, 0.6) is 0 Å². The fourth-order valence-corrected chi connectivity index (χ4v) is 2.75. The minimum Gasteiger partial charge on any atom is -0.468 e. The fraction of sp³-hybridized carbons (Fsp3) is 0.818. The average molecular weight is 196 g/mol. The molecule has 0 N–H and O–H groups in total. The van der Waals surface area contributed by atoms with Crippen molar-refractivity contribution in [2.24, 2.45) is 10.8 Å². The van der Waals surface area contributed by atoms with Gasteiger partial charge in [-0.15, -0.1) is 0 Å². The first kappa shape index (κ1) is 9.69. The summed E-state index contributed by atoms with van der Waals surface area (Å²) in [5.74, 6) is -0.260. The maximum Gasteiger partial charge on any atom is 0.319 e. The number of Topliss-reactive ketones (excluding diaryl/α,β-unsaturated/α-hetero) is 1. The summed E-state index contributed by atoms with van der Waals surface area (Å²) in [6, 6.07) is 0. The van der Waals surface area contributed by atoms with E-state index in [0.717, 1.165) is 12.8 Å². The van der Waals surface area contributed by atoms with Gasteiger partial charge in [0.15, 0.2) is 0 Å². The van der Waals surface area contributed by atoms with Gasteiger partial charge in [0.2, 0.25) is 0 Å². The van der Waals surface area contributed by atoms with Crippen molar-refractivity contribution in [1.82, 2.24) is 0 Å². The van der Waals surface area contributed by atoms with Crippen LogP contribution in [0.2, 0.25) is 0 Å². The number of carbonyl (C=O) groups is 2. The number of carbonyl (C=O) groups excluding carboxylic acids is 2. The molecule has 0 aliphatic heterocycles. The molecule has 0 aromatic heterocycles. The maximum absolute atomic E-state index is 11.7. The fourth-order valence-electron chi connectivity index (χ4n) is 2.75. The average Bonchev–Trinajstić information content (AvgIpc) is 2.92. The number of rotatable bonds is 3. The first-order valence-corrected chi connectivity index (χ1v) is 5.20. The highest BCUT2D eigenvalue weighted by Crippen LogP contribution is 2.69. The van der Waals surface area contributed by atoms with Gasteiger partial charge < -0.3 is 4.74 Å². The smallest absolute Gasteiger partial charge is 0.319 e. The van der Waals surface area contributed by atoms with E-state index in [1.165, 1.54) is 20.0 Å². The van der Waals surface area contributed by atoms with Crippen LogP contribution in [-0.2, 0) is 14.3 Å². The maximum atomic E-state index is 11.7. The summed E-state index contributed by atoms with van der Waals surface area (Å²) in [6.07, 6.45) is 4.27. The van der Waals surface area contributed by atoms with Crippen LogP contribution in [-0.4, -0.2) is 18.9 Å². The summed E-state index contributed by atoms with van der Waals surface area (Å²) >= 11 is 0. The van der Waals surface area contributed by atoms with Crippen molar-refractivity contribution < 1.29 is 14.3 Å². The largest absolute Gasteiger partial charge is 0.468 e. The van der Waals surface area contributed by atoms with E-state index in [1.807, 2.05) is 6.92 Å². The van der Waals surface area contributed by atoms with Crippen molar-refractivity contribution in [1.29, 1.82) is 0 Å². The molecule has 0 saturated heterocycles. The molecule has 0 heterocycles. The van der Waals surface area contributed by atoms with Crippen LogP contribution in [0.1, 0.15) is 39.0 Å². The second kappa shape index (κ2) is 2.81. The van der Waals surface area contributed by atoms with Crippen molar-refractivity contribution in [2.75, 3.05) is 7.11 Å². The predicted molar refractivity (Wildman–Crippen MR) is 50.6 cm³/mol. The Hall–Kier alpha value is -0.860.